The van der Waals surface area contributed by atoms with Crippen molar-refractivity contribution in [2.45, 2.75) is 200 Å². The molecule has 0 aliphatic carbocycles. The van der Waals surface area contributed by atoms with Gasteiger partial charge in [-0.3, -0.25) is 0 Å². The van der Waals surface area contributed by atoms with E-state index < -0.39 is 0 Å². The fraction of sp³-hybridized carbons (Fsp3) is 0.838. The van der Waals surface area contributed by atoms with Crippen LogP contribution in [-0.4, -0.2) is 0 Å². The second-order valence-electron chi connectivity index (χ2n) is 11.7. The molecule has 0 aromatic carbocycles. The Morgan fingerprint density at radius 1 is 0.297 bits per heavy atom. The summed E-state index contributed by atoms with van der Waals surface area (Å²) >= 11 is 0. The Morgan fingerprint density at radius 2 is 0.514 bits per heavy atom. The average Bonchev–Trinajstić information content (AvgIpc) is 2.91. The van der Waals surface area contributed by atoms with Crippen molar-refractivity contribution in [2.75, 3.05) is 0 Å². The molecule has 0 nitrogen and oxygen atoms in total. The molecule has 0 aliphatic heterocycles. The number of hydrogen-bond acceptors (Lipinski definition) is 0. The maximum atomic E-state index is 3.80. The first-order chi connectivity index (χ1) is 18.4. The minimum absolute atomic E-state index is 1.20. The molecule has 37 heavy (non-hydrogen) atoms. The van der Waals surface area contributed by atoms with Crippen molar-refractivity contribution in [3.8, 4) is 0 Å². The average molecular weight is 515 g/mol. The first kappa shape index (κ1) is 36.2. The molecule has 0 heteroatoms. The van der Waals surface area contributed by atoms with Gasteiger partial charge in [-0.25, -0.2) is 0 Å². The highest BCUT2D eigenvalue weighted by Crippen LogP contribution is 2.14. The van der Waals surface area contributed by atoms with Crippen molar-refractivity contribution in [1.29, 1.82) is 0 Å². The minimum Gasteiger partial charge on any atom is -0.103 e. The number of rotatable bonds is 32. The summed E-state index contributed by atoms with van der Waals surface area (Å²) in [6.07, 6.45) is 53.9. The number of allylic oxidation sites excluding steroid dienone is 5. The topological polar surface area (TPSA) is 0 Å². The molecule has 0 aromatic heterocycles. The van der Waals surface area contributed by atoms with E-state index in [4.69, 9.17) is 0 Å². The second kappa shape index (κ2) is 35.2. The van der Waals surface area contributed by atoms with E-state index in [0.717, 1.165) is 0 Å². The molecule has 0 heterocycles. The van der Waals surface area contributed by atoms with Crippen molar-refractivity contribution in [2.24, 2.45) is 0 Å². The highest BCUT2D eigenvalue weighted by molar-refractivity contribution is 4.83. The molecule has 0 radical (unpaired) electrons. The van der Waals surface area contributed by atoms with Gasteiger partial charge in [0.15, 0.2) is 0 Å². The molecular weight excluding hydrogens is 444 g/mol. The molecule has 0 saturated heterocycles. The van der Waals surface area contributed by atoms with E-state index in [1.165, 1.54) is 193 Å². The number of hydrogen-bond donors (Lipinski definition) is 0. The maximum absolute atomic E-state index is 3.80. The van der Waals surface area contributed by atoms with Crippen LogP contribution in [-0.2, 0) is 0 Å². The van der Waals surface area contributed by atoms with Crippen LogP contribution >= 0.6 is 0 Å². The SMILES string of the molecule is C=CCCCCCCCCCCCCC/C=C/CCCCC/C=C/CCCCCCCCCCCCC. The smallest absolute Gasteiger partial charge is 0.0351 e. The van der Waals surface area contributed by atoms with Crippen molar-refractivity contribution >= 4 is 0 Å². The summed E-state index contributed by atoms with van der Waals surface area (Å²) in [7, 11) is 0. The molecular formula is C37H70. The summed E-state index contributed by atoms with van der Waals surface area (Å²) in [6.45, 7) is 6.10. The zero-order valence-electron chi connectivity index (χ0n) is 25.8. The Bertz CT molecular complexity index is 457. The molecule has 0 amide bonds. The summed E-state index contributed by atoms with van der Waals surface area (Å²) in [5.41, 5.74) is 0. The Morgan fingerprint density at radius 3 is 0.784 bits per heavy atom. The lowest BCUT2D eigenvalue weighted by molar-refractivity contribution is 0.547. The van der Waals surface area contributed by atoms with Gasteiger partial charge in [-0.1, -0.05) is 166 Å². The van der Waals surface area contributed by atoms with Crippen LogP contribution in [0, 0.1) is 0 Å². The Balaban J connectivity index is 3.14. The lowest BCUT2D eigenvalue weighted by Crippen LogP contribution is -1.82. The van der Waals surface area contributed by atoms with Gasteiger partial charge in [0.1, 0.15) is 0 Å². The third kappa shape index (κ3) is 35.2. The Kier molecular flexibility index (Phi) is 34.5. The zero-order chi connectivity index (χ0) is 26.7. The molecule has 0 unspecified atom stereocenters. The van der Waals surface area contributed by atoms with Crippen molar-refractivity contribution < 1.29 is 0 Å². The normalized spacial score (nSPS) is 11.8. The van der Waals surface area contributed by atoms with Gasteiger partial charge in [0.2, 0.25) is 0 Å². The van der Waals surface area contributed by atoms with Gasteiger partial charge in [0.25, 0.3) is 0 Å². The van der Waals surface area contributed by atoms with Gasteiger partial charge < -0.3 is 0 Å². The predicted octanol–water partition coefficient (Wildman–Crippen LogP) is 14.0. The third-order valence-electron chi connectivity index (χ3n) is 7.83. The summed E-state index contributed by atoms with van der Waals surface area (Å²) < 4.78 is 0. The Labute approximate surface area is 236 Å². The van der Waals surface area contributed by atoms with Crippen LogP contribution in [0.1, 0.15) is 200 Å². The van der Waals surface area contributed by atoms with Gasteiger partial charge in [0, 0.05) is 0 Å². The van der Waals surface area contributed by atoms with Gasteiger partial charge in [0.05, 0.1) is 0 Å². The van der Waals surface area contributed by atoms with Crippen molar-refractivity contribution in [3.05, 3.63) is 37.0 Å². The van der Waals surface area contributed by atoms with E-state index in [9.17, 15) is 0 Å². The van der Waals surface area contributed by atoms with Gasteiger partial charge in [-0.2, -0.15) is 0 Å². The molecule has 0 spiro atoms. The predicted molar refractivity (Wildman–Crippen MR) is 173 cm³/mol. The van der Waals surface area contributed by atoms with Crippen LogP contribution in [0.15, 0.2) is 37.0 Å². The standard InChI is InChI=1S/C37H70/c1-3-5-7-9-11-13-15-17-19-21-23-25-27-29-31-33-35-37-36-34-32-30-28-26-24-22-20-18-16-14-12-10-8-6-4-2/h3,28,30-31,33H,1,4-27,29,32,34-37H2,2H3/b30-28+,33-31+. The minimum atomic E-state index is 1.20. The molecule has 0 aliphatic rings. The Hall–Kier alpha value is -0.780. The highest BCUT2D eigenvalue weighted by Gasteiger charge is 1.94. The largest absolute Gasteiger partial charge is 0.103 e. The van der Waals surface area contributed by atoms with E-state index in [-0.39, 0.29) is 0 Å². The van der Waals surface area contributed by atoms with Crippen LogP contribution in [0.2, 0.25) is 0 Å². The van der Waals surface area contributed by atoms with E-state index in [1.807, 2.05) is 0 Å². The quantitative estimate of drug-likeness (QED) is 0.0618. The van der Waals surface area contributed by atoms with Crippen LogP contribution in [0.4, 0.5) is 0 Å². The zero-order valence-corrected chi connectivity index (χ0v) is 25.8. The fourth-order valence-electron chi connectivity index (χ4n) is 5.24. The first-order valence-electron chi connectivity index (χ1n) is 17.3. The van der Waals surface area contributed by atoms with Crippen LogP contribution < -0.4 is 0 Å². The first-order valence-corrected chi connectivity index (χ1v) is 17.3. The van der Waals surface area contributed by atoms with Gasteiger partial charge >= 0.3 is 0 Å². The molecule has 0 atom stereocenters. The van der Waals surface area contributed by atoms with Crippen LogP contribution in [0.5, 0.6) is 0 Å². The number of unbranched alkanes of at least 4 members (excludes halogenated alkanes) is 27. The molecule has 0 aromatic rings. The third-order valence-corrected chi connectivity index (χ3v) is 7.83. The maximum Gasteiger partial charge on any atom is -0.0351 e. The molecule has 0 bridgehead atoms. The van der Waals surface area contributed by atoms with Gasteiger partial charge in [-0.05, 0) is 64.2 Å². The lowest BCUT2D eigenvalue weighted by atomic mass is 10.0. The van der Waals surface area contributed by atoms with E-state index in [2.05, 4.69) is 43.9 Å². The van der Waals surface area contributed by atoms with E-state index >= 15 is 0 Å². The second-order valence-corrected chi connectivity index (χ2v) is 11.7. The van der Waals surface area contributed by atoms with E-state index in [0.29, 0.717) is 0 Å². The molecule has 218 valence electrons. The summed E-state index contributed by atoms with van der Waals surface area (Å²) in [5, 5.41) is 0. The summed E-state index contributed by atoms with van der Waals surface area (Å²) in [4.78, 5) is 0. The van der Waals surface area contributed by atoms with Crippen molar-refractivity contribution in [3.63, 3.8) is 0 Å². The summed E-state index contributed by atoms with van der Waals surface area (Å²) in [6, 6.07) is 0. The van der Waals surface area contributed by atoms with Crippen molar-refractivity contribution in [1.82, 2.24) is 0 Å². The van der Waals surface area contributed by atoms with Crippen LogP contribution in [0.3, 0.4) is 0 Å². The summed E-state index contributed by atoms with van der Waals surface area (Å²) in [5.74, 6) is 0. The monoisotopic (exact) mass is 515 g/mol. The fourth-order valence-corrected chi connectivity index (χ4v) is 5.24. The van der Waals surface area contributed by atoms with Gasteiger partial charge in [-0.15, -0.1) is 6.58 Å². The molecule has 0 fully saturated rings. The highest BCUT2D eigenvalue weighted by atomic mass is 14.0. The lowest BCUT2D eigenvalue weighted by Gasteiger charge is -2.02. The van der Waals surface area contributed by atoms with Crippen LogP contribution in [0.25, 0.3) is 0 Å². The molecule has 0 saturated carbocycles. The molecule has 0 N–H and O–H groups in total. The molecule has 0 rings (SSSR count). The van der Waals surface area contributed by atoms with E-state index in [1.54, 1.807) is 0 Å².